The van der Waals surface area contributed by atoms with Gasteiger partial charge in [0, 0.05) is 0 Å². The van der Waals surface area contributed by atoms with Crippen LogP contribution in [0.3, 0.4) is 0 Å². The molecule has 236 valence electrons. The summed E-state index contributed by atoms with van der Waals surface area (Å²) in [5.74, 6) is -3.88. The van der Waals surface area contributed by atoms with Crippen molar-refractivity contribution < 1.29 is 38.8 Å². The summed E-state index contributed by atoms with van der Waals surface area (Å²) in [5, 5.41) is 20.9. The normalized spacial score (nSPS) is 16.7. The number of carbonyl (C=O) groups excluding carboxylic acids is 2. The fourth-order valence-electron chi connectivity index (χ4n) is 4.92. The maximum absolute atomic E-state index is 12.7. The molecule has 0 fully saturated rings. The van der Waals surface area contributed by atoms with E-state index >= 15 is 0 Å². The summed E-state index contributed by atoms with van der Waals surface area (Å²) < 4.78 is 16.7. The zero-order chi connectivity index (χ0) is 31.0. The van der Waals surface area contributed by atoms with Crippen LogP contribution in [0.4, 0.5) is 0 Å². The fraction of sp³-hybridized carbons (Fsp3) is 0.676. The van der Waals surface area contributed by atoms with Gasteiger partial charge in [-0.2, -0.15) is 0 Å². The molecule has 8 heteroatoms. The van der Waals surface area contributed by atoms with Gasteiger partial charge in [-0.3, -0.25) is 9.59 Å². The minimum atomic E-state index is -1.34. The van der Waals surface area contributed by atoms with Gasteiger partial charge in [0.1, 0.15) is 6.61 Å². The molecule has 0 amide bonds. The highest BCUT2D eigenvalue weighted by molar-refractivity contribution is 5.93. The zero-order valence-corrected chi connectivity index (χ0v) is 26.1. The summed E-state index contributed by atoms with van der Waals surface area (Å²) in [6.07, 6.45) is 11.9. The molecular weight excluding hydrogens is 536 g/mol. The number of ether oxygens (including phenoxy) is 3. The van der Waals surface area contributed by atoms with Crippen LogP contribution in [-0.4, -0.2) is 40.3 Å². The summed E-state index contributed by atoms with van der Waals surface area (Å²) >= 11 is 0. The Morgan fingerprint density at radius 1 is 0.905 bits per heavy atom. The predicted molar refractivity (Wildman–Crippen MR) is 161 cm³/mol. The van der Waals surface area contributed by atoms with Crippen molar-refractivity contribution in [2.75, 3.05) is 0 Å². The van der Waals surface area contributed by atoms with Crippen LogP contribution in [0.25, 0.3) is 0 Å². The number of aliphatic carboxylic acids is 1. The molecule has 0 saturated carbocycles. The first-order valence-electron chi connectivity index (χ1n) is 15.8. The SMILES string of the molecule is CCCCCCCCCCCCCCC(C[C@H](O)[C@H]1OC(=O)C(OC(=O)C(C)(C)C)=C1OCc1ccccc1)C(=O)O. The first kappa shape index (κ1) is 35.3. The van der Waals surface area contributed by atoms with E-state index in [4.69, 9.17) is 14.2 Å². The number of carboxylic acid groups (broad SMARTS) is 1. The van der Waals surface area contributed by atoms with Gasteiger partial charge in [0.25, 0.3) is 5.76 Å². The standard InChI is InChI=1S/C34H52O8/c1-5-6-7-8-9-10-11-12-13-14-15-19-22-26(31(36)37)23-27(35)28-29(40-24-25-20-17-16-18-21-25)30(32(38)41-28)42-33(39)34(2,3)4/h16-18,20-21,26-28,35H,5-15,19,22-24H2,1-4H3,(H,36,37)/t26?,27-,28+/m0/s1. The molecule has 0 radical (unpaired) electrons. The Labute approximate surface area is 251 Å². The van der Waals surface area contributed by atoms with Gasteiger partial charge in [-0.15, -0.1) is 0 Å². The smallest absolute Gasteiger partial charge is 0.378 e. The van der Waals surface area contributed by atoms with Crippen LogP contribution in [0, 0.1) is 11.3 Å². The number of hydrogen-bond donors (Lipinski definition) is 2. The summed E-state index contributed by atoms with van der Waals surface area (Å²) in [7, 11) is 0. The molecule has 2 rings (SSSR count). The van der Waals surface area contributed by atoms with Gasteiger partial charge in [0.2, 0.25) is 0 Å². The maximum atomic E-state index is 12.7. The lowest BCUT2D eigenvalue weighted by Crippen LogP contribution is -2.33. The number of cyclic esters (lactones) is 1. The molecule has 0 aliphatic carbocycles. The Morgan fingerprint density at radius 2 is 1.45 bits per heavy atom. The van der Waals surface area contributed by atoms with Crippen LogP contribution in [0.5, 0.6) is 0 Å². The van der Waals surface area contributed by atoms with Crippen LogP contribution in [0.15, 0.2) is 41.9 Å². The van der Waals surface area contributed by atoms with Gasteiger partial charge in [-0.05, 0) is 39.2 Å². The second-order valence-electron chi connectivity index (χ2n) is 12.4. The van der Waals surface area contributed by atoms with Gasteiger partial charge >= 0.3 is 17.9 Å². The van der Waals surface area contributed by atoms with E-state index in [1.165, 1.54) is 51.4 Å². The molecule has 1 heterocycles. The van der Waals surface area contributed by atoms with Crippen LogP contribution in [0.2, 0.25) is 0 Å². The molecule has 42 heavy (non-hydrogen) atoms. The topological polar surface area (TPSA) is 119 Å². The van der Waals surface area contributed by atoms with Gasteiger partial charge in [0.15, 0.2) is 11.9 Å². The number of carboxylic acids is 1. The number of carbonyl (C=O) groups is 3. The number of hydrogen-bond acceptors (Lipinski definition) is 7. The van der Waals surface area contributed by atoms with E-state index < -0.39 is 47.2 Å². The van der Waals surface area contributed by atoms with Crippen LogP contribution >= 0.6 is 0 Å². The van der Waals surface area contributed by atoms with Crippen molar-refractivity contribution in [3.8, 4) is 0 Å². The largest absolute Gasteiger partial charge is 0.485 e. The molecule has 1 aliphatic rings. The quantitative estimate of drug-likeness (QED) is 0.112. The number of unbranched alkanes of at least 4 members (excludes halogenated alkanes) is 11. The van der Waals surface area contributed by atoms with E-state index in [1.54, 1.807) is 20.8 Å². The lowest BCUT2D eigenvalue weighted by molar-refractivity contribution is -0.157. The first-order chi connectivity index (χ1) is 20.0. The number of rotatable bonds is 21. The van der Waals surface area contributed by atoms with Crippen molar-refractivity contribution in [3.63, 3.8) is 0 Å². The van der Waals surface area contributed by atoms with Crippen molar-refractivity contribution in [1.29, 1.82) is 0 Å². The highest BCUT2D eigenvalue weighted by Gasteiger charge is 2.45. The number of benzene rings is 1. The summed E-state index contributed by atoms with van der Waals surface area (Å²) in [6.45, 7) is 7.24. The lowest BCUT2D eigenvalue weighted by Gasteiger charge is -2.23. The lowest BCUT2D eigenvalue weighted by atomic mass is 9.92. The van der Waals surface area contributed by atoms with E-state index in [1.807, 2.05) is 30.3 Å². The Bertz CT molecular complexity index is 995. The van der Waals surface area contributed by atoms with E-state index in [-0.39, 0.29) is 18.8 Å². The van der Waals surface area contributed by atoms with Gasteiger partial charge in [-0.1, -0.05) is 114 Å². The molecule has 3 atom stereocenters. The molecule has 1 aromatic carbocycles. The Morgan fingerprint density at radius 3 is 1.98 bits per heavy atom. The van der Waals surface area contributed by atoms with Crippen molar-refractivity contribution >= 4 is 17.9 Å². The van der Waals surface area contributed by atoms with Gasteiger partial charge in [-0.25, -0.2) is 4.79 Å². The van der Waals surface area contributed by atoms with Crippen LogP contribution < -0.4 is 0 Å². The molecule has 0 spiro atoms. The monoisotopic (exact) mass is 588 g/mol. The molecule has 1 aromatic rings. The zero-order valence-electron chi connectivity index (χ0n) is 26.1. The molecule has 0 bridgehead atoms. The molecule has 0 saturated heterocycles. The number of aliphatic hydroxyl groups is 1. The third-order valence-corrected chi connectivity index (χ3v) is 7.58. The molecule has 1 unspecified atom stereocenters. The molecular formula is C34H52O8. The third kappa shape index (κ3) is 12.6. The fourth-order valence-corrected chi connectivity index (χ4v) is 4.92. The average Bonchev–Trinajstić information content (AvgIpc) is 3.26. The summed E-state index contributed by atoms with van der Waals surface area (Å²) in [4.78, 5) is 37.3. The highest BCUT2D eigenvalue weighted by Crippen LogP contribution is 2.32. The molecule has 8 nitrogen and oxygen atoms in total. The van der Waals surface area contributed by atoms with Crippen molar-refractivity contribution in [2.24, 2.45) is 11.3 Å². The first-order valence-corrected chi connectivity index (χ1v) is 15.8. The molecule has 2 N–H and O–H groups in total. The Hall–Kier alpha value is -2.87. The summed E-state index contributed by atoms with van der Waals surface area (Å²) in [6, 6.07) is 9.20. The second-order valence-corrected chi connectivity index (χ2v) is 12.4. The van der Waals surface area contributed by atoms with Crippen LogP contribution in [0.1, 0.15) is 123 Å². The number of esters is 2. The van der Waals surface area contributed by atoms with Crippen LogP contribution in [-0.2, 0) is 35.2 Å². The van der Waals surface area contributed by atoms with E-state index in [9.17, 15) is 24.6 Å². The van der Waals surface area contributed by atoms with Crippen molar-refractivity contribution in [1.82, 2.24) is 0 Å². The van der Waals surface area contributed by atoms with Crippen molar-refractivity contribution in [2.45, 2.75) is 136 Å². The second kappa shape index (κ2) is 18.6. The highest BCUT2D eigenvalue weighted by atomic mass is 16.6. The van der Waals surface area contributed by atoms with Gasteiger partial charge in [0.05, 0.1) is 17.4 Å². The molecule has 0 aromatic heterocycles. The minimum Gasteiger partial charge on any atom is -0.485 e. The summed E-state index contributed by atoms with van der Waals surface area (Å²) in [5.41, 5.74) is -0.0913. The van der Waals surface area contributed by atoms with E-state index in [0.717, 1.165) is 31.2 Å². The predicted octanol–water partition coefficient (Wildman–Crippen LogP) is 7.47. The van der Waals surface area contributed by atoms with E-state index in [2.05, 4.69) is 6.92 Å². The number of aliphatic hydroxyl groups excluding tert-OH is 1. The molecule has 1 aliphatic heterocycles. The third-order valence-electron chi connectivity index (χ3n) is 7.58. The Balaban J connectivity index is 1.92. The van der Waals surface area contributed by atoms with Gasteiger partial charge < -0.3 is 24.4 Å². The Kier molecular flexibility index (Phi) is 15.7. The van der Waals surface area contributed by atoms with E-state index in [0.29, 0.717) is 6.42 Å². The maximum Gasteiger partial charge on any atom is 0.378 e. The van der Waals surface area contributed by atoms with Crippen molar-refractivity contribution in [3.05, 3.63) is 47.4 Å². The minimum absolute atomic E-state index is 0.0494. The average molecular weight is 589 g/mol.